The highest BCUT2D eigenvalue weighted by atomic mass is 79.9. The predicted octanol–water partition coefficient (Wildman–Crippen LogP) is 3.65. The number of carbonyl (C=O) groups excluding carboxylic acids is 1. The molecule has 176 valence electrons. The average molecular weight is 544 g/mol. The highest BCUT2D eigenvalue weighted by Crippen LogP contribution is 2.32. The van der Waals surface area contributed by atoms with Crippen LogP contribution in [0.15, 0.2) is 62.9 Å². The lowest BCUT2D eigenvalue weighted by molar-refractivity contribution is -0.148. The largest absolute Gasteiger partial charge is 0.466 e. The summed E-state index contributed by atoms with van der Waals surface area (Å²) in [5.41, 5.74) is 0.834. The summed E-state index contributed by atoms with van der Waals surface area (Å²) in [5.74, 6) is 0.119. The van der Waals surface area contributed by atoms with E-state index >= 15 is 0 Å². The molecule has 2 aromatic carbocycles. The first-order valence-corrected chi connectivity index (χ1v) is 13.2. The van der Waals surface area contributed by atoms with Gasteiger partial charge in [0.05, 0.1) is 22.9 Å². The maximum atomic E-state index is 13.4. The van der Waals surface area contributed by atoms with E-state index in [1.54, 1.807) is 19.1 Å². The number of anilines is 1. The number of piperidine rings is 1. The van der Waals surface area contributed by atoms with Gasteiger partial charge < -0.3 is 9.64 Å². The van der Waals surface area contributed by atoms with Gasteiger partial charge in [-0.25, -0.2) is 13.4 Å². The summed E-state index contributed by atoms with van der Waals surface area (Å²) >= 11 is 3.33. The normalized spacial score (nSPS) is 16.8. The fourth-order valence-corrected chi connectivity index (χ4v) is 5.79. The van der Waals surface area contributed by atoms with Crippen LogP contribution in [0, 0.1) is 5.92 Å². The van der Waals surface area contributed by atoms with Gasteiger partial charge in [-0.15, -0.1) is 5.10 Å². The number of hydrogen-bond acceptors (Lipinski definition) is 8. The van der Waals surface area contributed by atoms with Gasteiger partial charge in [0.1, 0.15) is 5.82 Å². The minimum atomic E-state index is -3.96. The summed E-state index contributed by atoms with van der Waals surface area (Å²) in [5, 5.41) is 8.76. The van der Waals surface area contributed by atoms with E-state index in [4.69, 9.17) is 9.72 Å². The van der Waals surface area contributed by atoms with Gasteiger partial charge in [-0.1, -0.05) is 33.3 Å². The van der Waals surface area contributed by atoms with Crippen molar-refractivity contribution in [2.75, 3.05) is 24.6 Å². The molecule has 3 heterocycles. The zero-order chi connectivity index (χ0) is 23.9. The molecule has 0 bridgehead atoms. The number of aromatic nitrogens is 4. The third-order valence-electron chi connectivity index (χ3n) is 5.92. The monoisotopic (exact) mass is 543 g/mol. The lowest BCUT2D eigenvalue weighted by atomic mass is 9.98. The molecule has 0 radical (unpaired) electrons. The van der Waals surface area contributed by atoms with E-state index in [9.17, 15) is 13.2 Å². The smallest absolute Gasteiger partial charge is 0.310 e. The molecule has 5 rings (SSSR count). The molecule has 1 fully saturated rings. The summed E-state index contributed by atoms with van der Waals surface area (Å²) in [7, 11) is -3.96. The van der Waals surface area contributed by atoms with Crippen molar-refractivity contribution in [3.8, 4) is 0 Å². The number of para-hydroxylation sites is 1. The molecular weight excluding hydrogens is 522 g/mol. The Kier molecular flexibility index (Phi) is 5.98. The molecule has 4 aromatic rings. The molecule has 0 amide bonds. The van der Waals surface area contributed by atoms with Gasteiger partial charge in [-0.3, -0.25) is 4.79 Å². The molecule has 1 saturated heterocycles. The minimum absolute atomic E-state index is 0.106. The van der Waals surface area contributed by atoms with E-state index in [1.807, 2.05) is 29.2 Å². The van der Waals surface area contributed by atoms with Crippen molar-refractivity contribution in [2.45, 2.75) is 29.7 Å². The van der Waals surface area contributed by atoms with E-state index in [0.29, 0.717) is 31.0 Å². The average Bonchev–Trinajstić information content (AvgIpc) is 3.29. The molecule has 34 heavy (non-hydrogen) atoms. The number of benzene rings is 2. The molecule has 2 aromatic heterocycles. The summed E-state index contributed by atoms with van der Waals surface area (Å²) in [6.45, 7) is 3.27. The molecule has 1 aliphatic heterocycles. The SMILES string of the molecule is CCOC(=O)C1CCCN(c2nc3c(S(=O)(=O)c4ccc(Br)cc4)nnn3c3ccccc23)C1. The summed E-state index contributed by atoms with van der Waals surface area (Å²) in [4.78, 5) is 19.3. The first kappa shape index (κ1) is 22.7. The molecule has 9 nitrogen and oxygen atoms in total. The Hall–Kier alpha value is -3.05. The molecule has 0 aliphatic carbocycles. The molecule has 1 aliphatic rings. The zero-order valence-corrected chi connectivity index (χ0v) is 20.8. The molecule has 0 saturated carbocycles. The number of esters is 1. The molecular formula is C23H22BrN5O4S. The Labute approximate surface area is 204 Å². The molecule has 0 N–H and O–H groups in total. The van der Waals surface area contributed by atoms with E-state index in [2.05, 4.69) is 26.2 Å². The highest BCUT2D eigenvalue weighted by Gasteiger charge is 2.31. The van der Waals surface area contributed by atoms with Crippen molar-refractivity contribution in [3.05, 3.63) is 53.0 Å². The van der Waals surface area contributed by atoms with Crippen LogP contribution in [0.1, 0.15) is 19.8 Å². The van der Waals surface area contributed by atoms with E-state index in [-0.39, 0.29) is 27.5 Å². The highest BCUT2D eigenvalue weighted by molar-refractivity contribution is 9.10. The van der Waals surface area contributed by atoms with Crippen LogP contribution in [0.4, 0.5) is 5.82 Å². The predicted molar refractivity (Wildman–Crippen MR) is 129 cm³/mol. The van der Waals surface area contributed by atoms with Crippen LogP contribution in [0.2, 0.25) is 0 Å². The van der Waals surface area contributed by atoms with Crippen LogP contribution in [-0.4, -0.2) is 53.9 Å². The number of sulfone groups is 1. The number of ether oxygens (including phenoxy) is 1. The molecule has 11 heteroatoms. The minimum Gasteiger partial charge on any atom is -0.466 e. The maximum absolute atomic E-state index is 13.4. The van der Waals surface area contributed by atoms with Crippen LogP contribution in [0.5, 0.6) is 0 Å². The van der Waals surface area contributed by atoms with Crippen molar-refractivity contribution >= 4 is 54.1 Å². The topological polar surface area (TPSA) is 107 Å². The van der Waals surface area contributed by atoms with Crippen molar-refractivity contribution in [3.63, 3.8) is 0 Å². The zero-order valence-electron chi connectivity index (χ0n) is 18.4. The Morgan fingerprint density at radius 3 is 2.71 bits per heavy atom. The summed E-state index contributed by atoms with van der Waals surface area (Å²) in [6, 6.07) is 13.9. The van der Waals surface area contributed by atoms with Gasteiger partial charge in [0, 0.05) is 22.9 Å². The number of hydrogen-bond donors (Lipinski definition) is 0. The summed E-state index contributed by atoms with van der Waals surface area (Å²) < 4.78 is 34.3. The number of nitrogens with zero attached hydrogens (tertiary/aromatic N) is 5. The van der Waals surface area contributed by atoms with Gasteiger partial charge in [0.25, 0.3) is 0 Å². The Balaban J connectivity index is 1.66. The van der Waals surface area contributed by atoms with Crippen molar-refractivity contribution in [1.82, 2.24) is 19.8 Å². The van der Waals surface area contributed by atoms with Crippen LogP contribution < -0.4 is 4.90 Å². The van der Waals surface area contributed by atoms with Gasteiger partial charge in [-0.2, -0.15) is 4.52 Å². The van der Waals surface area contributed by atoms with Crippen LogP contribution >= 0.6 is 15.9 Å². The van der Waals surface area contributed by atoms with Gasteiger partial charge in [0.2, 0.25) is 14.9 Å². The second-order valence-corrected chi connectivity index (χ2v) is 10.9. The Bertz CT molecular complexity index is 1490. The van der Waals surface area contributed by atoms with Crippen LogP contribution in [0.3, 0.4) is 0 Å². The Morgan fingerprint density at radius 1 is 1.18 bits per heavy atom. The van der Waals surface area contributed by atoms with E-state index < -0.39 is 9.84 Å². The lowest BCUT2D eigenvalue weighted by Crippen LogP contribution is -2.40. The lowest BCUT2D eigenvalue weighted by Gasteiger charge is -2.33. The van der Waals surface area contributed by atoms with E-state index in [1.165, 1.54) is 16.6 Å². The first-order chi connectivity index (χ1) is 16.4. The molecule has 0 spiro atoms. The fourth-order valence-electron chi connectivity index (χ4n) is 4.29. The number of carbonyl (C=O) groups is 1. The molecule has 1 unspecified atom stereocenters. The Morgan fingerprint density at radius 2 is 1.94 bits per heavy atom. The van der Waals surface area contributed by atoms with Crippen molar-refractivity contribution in [2.24, 2.45) is 5.92 Å². The van der Waals surface area contributed by atoms with Gasteiger partial charge in [0.15, 0.2) is 5.65 Å². The second-order valence-electron chi connectivity index (χ2n) is 8.08. The number of fused-ring (bicyclic) bond motifs is 3. The third-order valence-corrected chi connectivity index (χ3v) is 8.12. The van der Waals surface area contributed by atoms with Crippen LogP contribution in [-0.2, 0) is 19.4 Å². The van der Waals surface area contributed by atoms with Gasteiger partial charge >= 0.3 is 5.97 Å². The molecule has 1 atom stereocenters. The number of rotatable bonds is 5. The first-order valence-electron chi connectivity index (χ1n) is 11.0. The van der Waals surface area contributed by atoms with Crippen LogP contribution in [0.25, 0.3) is 16.6 Å². The fraction of sp³-hybridized carbons (Fsp3) is 0.304. The summed E-state index contributed by atoms with van der Waals surface area (Å²) in [6.07, 6.45) is 1.54. The van der Waals surface area contributed by atoms with Crippen molar-refractivity contribution < 1.29 is 17.9 Å². The van der Waals surface area contributed by atoms with Crippen molar-refractivity contribution in [1.29, 1.82) is 0 Å². The van der Waals surface area contributed by atoms with E-state index in [0.717, 1.165) is 22.7 Å². The third kappa shape index (κ3) is 3.92. The second kappa shape index (κ2) is 8.95. The standard InChI is InChI=1S/C23H22BrN5O4S/c1-2-33-23(30)15-6-5-13-28(14-15)20-18-7-3-4-8-19(18)29-21(25-20)22(26-27-29)34(31,32)17-11-9-16(24)10-12-17/h3-4,7-12,15H,2,5-6,13-14H2,1H3. The van der Waals surface area contributed by atoms with Gasteiger partial charge in [-0.05, 0) is 56.2 Å². The maximum Gasteiger partial charge on any atom is 0.310 e. The number of halogens is 1. The quantitative estimate of drug-likeness (QED) is 0.351.